The molecule has 0 fully saturated rings. The van der Waals surface area contributed by atoms with Crippen molar-refractivity contribution < 1.29 is 9.90 Å². The maximum Gasteiger partial charge on any atom is 0.159 e. The van der Waals surface area contributed by atoms with Gasteiger partial charge in [0.05, 0.1) is 0 Å². The Labute approximate surface area is 129 Å². The van der Waals surface area contributed by atoms with Crippen molar-refractivity contribution >= 4 is 17.4 Å². The predicted molar refractivity (Wildman–Crippen MR) is 84.7 cm³/mol. The van der Waals surface area contributed by atoms with E-state index >= 15 is 0 Å². The largest absolute Gasteiger partial charge is 0.508 e. The zero-order valence-corrected chi connectivity index (χ0v) is 12.9. The van der Waals surface area contributed by atoms with Crippen LogP contribution in [0.2, 0.25) is 5.02 Å². The van der Waals surface area contributed by atoms with Crippen molar-refractivity contribution in [3.8, 4) is 5.75 Å². The summed E-state index contributed by atoms with van der Waals surface area (Å²) < 4.78 is 0. The van der Waals surface area contributed by atoms with E-state index < -0.39 is 0 Å². The number of phenolic OH excluding ortho intramolecular Hbond substituents is 1. The number of aromatic hydroxyl groups is 1. The molecular formula is C17H18ClNO2. The highest BCUT2D eigenvalue weighted by atomic mass is 35.5. The topological polar surface area (TPSA) is 40.5 Å². The van der Waals surface area contributed by atoms with Crippen molar-refractivity contribution in [2.45, 2.75) is 20.0 Å². The van der Waals surface area contributed by atoms with Crippen LogP contribution in [-0.2, 0) is 13.1 Å². The quantitative estimate of drug-likeness (QED) is 0.852. The van der Waals surface area contributed by atoms with Crippen LogP contribution >= 0.6 is 11.6 Å². The van der Waals surface area contributed by atoms with Gasteiger partial charge in [-0.05, 0) is 49.9 Å². The first-order chi connectivity index (χ1) is 9.95. The summed E-state index contributed by atoms with van der Waals surface area (Å²) >= 11 is 5.87. The Morgan fingerprint density at radius 3 is 2.43 bits per heavy atom. The number of nitrogens with zero attached hydrogens (tertiary/aromatic N) is 1. The smallest absolute Gasteiger partial charge is 0.159 e. The lowest BCUT2D eigenvalue weighted by Gasteiger charge is -2.18. The zero-order chi connectivity index (χ0) is 15.4. The molecule has 0 amide bonds. The summed E-state index contributed by atoms with van der Waals surface area (Å²) in [7, 11) is 1.97. The highest BCUT2D eigenvalue weighted by molar-refractivity contribution is 6.30. The van der Waals surface area contributed by atoms with E-state index in [-0.39, 0.29) is 11.5 Å². The van der Waals surface area contributed by atoms with Crippen LogP contribution in [0.25, 0.3) is 0 Å². The van der Waals surface area contributed by atoms with E-state index in [1.807, 2.05) is 31.3 Å². The Kier molecular flexibility index (Phi) is 4.99. The maximum absolute atomic E-state index is 11.4. The molecule has 0 unspecified atom stereocenters. The summed E-state index contributed by atoms with van der Waals surface area (Å²) in [5, 5.41) is 10.6. The molecule has 0 aromatic heterocycles. The highest BCUT2D eigenvalue weighted by Crippen LogP contribution is 2.21. The fourth-order valence-electron chi connectivity index (χ4n) is 2.18. The van der Waals surface area contributed by atoms with Crippen molar-refractivity contribution in [1.82, 2.24) is 4.90 Å². The second-order valence-corrected chi connectivity index (χ2v) is 5.63. The first-order valence-corrected chi connectivity index (χ1v) is 7.09. The molecule has 0 heterocycles. The van der Waals surface area contributed by atoms with Gasteiger partial charge in [-0.3, -0.25) is 9.69 Å². The second kappa shape index (κ2) is 6.74. The molecule has 0 saturated carbocycles. The average molecular weight is 304 g/mol. The third kappa shape index (κ3) is 4.31. The summed E-state index contributed by atoms with van der Waals surface area (Å²) in [4.78, 5) is 13.5. The van der Waals surface area contributed by atoms with E-state index in [9.17, 15) is 9.90 Å². The van der Waals surface area contributed by atoms with E-state index in [1.54, 1.807) is 18.2 Å². The number of ketones is 1. The lowest BCUT2D eigenvalue weighted by Crippen LogP contribution is -2.17. The number of hydrogen-bond donors (Lipinski definition) is 1. The molecule has 0 spiro atoms. The van der Waals surface area contributed by atoms with Crippen molar-refractivity contribution in [2.24, 2.45) is 0 Å². The lowest BCUT2D eigenvalue weighted by molar-refractivity contribution is 0.101. The number of Topliss-reactive ketones (excluding diaryl/α,β-unsaturated/α-hetero) is 1. The van der Waals surface area contributed by atoms with Crippen molar-refractivity contribution in [2.75, 3.05) is 7.05 Å². The molecule has 1 N–H and O–H groups in total. The molecule has 0 bridgehead atoms. The van der Waals surface area contributed by atoms with Crippen LogP contribution in [0, 0.1) is 0 Å². The van der Waals surface area contributed by atoms with Gasteiger partial charge in [0.15, 0.2) is 5.78 Å². The fourth-order valence-corrected chi connectivity index (χ4v) is 2.31. The number of rotatable bonds is 5. The van der Waals surface area contributed by atoms with Gasteiger partial charge in [0.25, 0.3) is 0 Å². The maximum atomic E-state index is 11.4. The minimum atomic E-state index is -0.00314. The average Bonchev–Trinajstić information content (AvgIpc) is 2.43. The zero-order valence-electron chi connectivity index (χ0n) is 12.1. The molecule has 3 nitrogen and oxygen atoms in total. The van der Waals surface area contributed by atoms with Gasteiger partial charge in [0.1, 0.15) is 5.75 Å². The van der Waals surface area contributed by atoms with E-state index in [4.69, 9.17) is 11.6 Å². The molecule has 110 valence electrons. The Morgan fingerprint density at radius 2 is 1.81 bits per heavy atom. The first kappa shape index (κ1) is 15.5. The molecule has 21 heavy (non-hydrogen) atoms. The number of phenols is 1. The van der Waals surface area contributed by atoms with E-state index in [0.717, 1.165) is 17.7 Å². The second-order valence-electron chi connectivity index (χ2n) is 5.20. The molecule has 2 rings (SSSR count). The minimum Gasteiger partial charge on any atom is -0.508 e. The number of carbonyl (C=O) groups excluding carboxylic acids is 1. The van der Waals surface area contributed by atoms with Crippen LogP contribution < -0.4 is 0 Å². The van der Waals surface area contributed by atoms with Crippen molar-refractivity contribution in [1.29, 1.82) is 0 Å². The van der Waals surface area contributed by atoms with E-state index in [1.165, 1.54) is 6.92 Å². The van der Waals surface area contributed by atoms with Crippen LogP contribution in [0.3, 0.4) is 0 Å². The standard InChI is InChI=1S/C17H18ClNO2/c1-12(20)14-5-8-17(21)15(9-14)11-19(2)10-13-3-6-16(18)7-4-13/h3-9,21H,10-11H2,1-2H3. The first-order valence-electron chi connectivity index (χ1n) is 6.71. The highest BCUT2D eigenvalue weighted by Gasteiger charge is 2.09. The monoisotopic (exact) mass is 303 g/mol. The van der Waals surface area contributed by atoms with Crippen LogP contribution in [-0.4, -0.2) is 22.8 Å². The van der Waals surface area contributed by atoms with Gasteiger partial charge in [-0.1, -0.05) is 23.7 Å². The molecule has 2 aromatic carbocycles. The molecular weight excluding hydrogens is 286 g/mol. The molecule has 4 heteroatoms. The van der Waals surface area contributed by atoms with Gasteiger partial charge >= 0.3 is 0 Å². The third-order valence-corrected chi connectivity index (χ3v) is 3.54. The normalized spacial score (nSPS) is 10.9. The van der Waals surface area contributed by atoms with Gasteiger partial charge in [-0.2, -0.15) is 0 Å². The summed E-state index contributed by atoms with van der Waals surface area (Å²) in [6.07, 6.45) is 0. The number of hydrogen-bond acceptors (Lipinski definition) is 3. The summed E-state index contributed by atoms with van der Waals surface area (Å²) in [5.41, 5.74) is 2.51. The fraction of sp³-hybridized carbons (Fsp3) is 0.235. The number of halogens is 1. The molecule has 0 aliphatic heterocycles. The molecule has 0 aliphatic rings. The Balaban J connectivity index is 2.08. The minimum absolute atomic E-state index is 0.00314. The molecule has 2 aromatic rings. The molecule has 0 aliphatic carbocycles. The Bertz CT molecular complexity index is 638. The summed E-state index contributed by atoms with van der Waals surface area (Å²) in [6.45, 7) is 2.82. The Morgan fingerprint density at radius 1 is 1.14 bits per heavy atom. The summed E-state index contributed by atoms with van der Waals surface area (Å²) in [6, 6.07) is 12.6. The molecule has 0 radical (unpaired) electrons. The van der Waals surface area contributed by atoms with E-state index in [2.05, 4.69) is 4.90 Å². The lowest BCUT2D eigenvalue weighted by atomic mass is 10.1. The van der Waals surface area contributed by atoms with E-state index in [0.29, 0.717) is 17.1 Å². The van der Waals surface area contributed by atoms with Crippen LogP contribution in [0.15, 0.2) is 42.5 Å². The predicted octanol–water partition coefficient (Wildman–Crippen LogP) is 3.88. The van der Waals surface area contributed by atoms with Crippen molar-refractivity contribution in [3.63, 3.8) is 0 Å². The van der Waals surface area contributed by atoms with Gasteiger partial charge in [-0.15, -0.1) is 0 Å². The number of benzene rings is 2. The third-order valence-electron chi connectivity index (χ3n) is 3.29. The van der Waals surface area contributed by atoms with Crippen LogP contribution in [0.4, 0.5) is 0 Å². The number of carbonyl (C=O) groups is 1. The summed E-state index contributed by atoms with van der Waals surface area (Å²) in [5.74, 6) is 0.208. The van der Waals surface area contributed by atoms with Gasteiger partial charge in [0.2, 0.25) is 0 Å². The van der Waals surface area contributed by atoms with Gasteiger partial charge in [-0.25, -0.2) is 0 Å². The molecule has 0 saturated heterocycles. The molecule has 0 atom stereocenters. The van der Waals surface area contributed by atoms with Crippen LogP contribution in [0.5, 0.6) is 5.75 Å². The van der Waals surface area contributed by atoms with Crippen molar-refractivity contribution in [3.05, 3.63) is 64.2 Å². The SMILES string of the molecule is CC(=O)c1ccc(O)c(CN(C)Cc2ccc(Cl)cc2)c1. The Hall–Kier alpha value is -1.84. The van der Waals surface area contributed by atoms with Crippen LogP contribution in [0.1, 0.15) is 28.4 Å². The van der Waals surface area contributed by atoms with Gasteiger partial charge < -0.3 is 5.11 Å². The van der Waals surface area contributed by atoms with Gasteiger partial charge in [0, 0.05) is 29.2 Å².